The fourth-order valence-electron chi connectivity index (χ4n) is 2.81. The van der Waals surface area contributed by atoms with Crippen molar-refractivity contribution in [3.8, 4) is 5.75 Å². The third kappa shape index (κ3) is 1.31. The largest absolute Gasteiger partial charge is 0.507 e. The van der Waals surface area contributed by atoms with Crippen LogP contribution >= 0.6 is 0 Å². The summed E-state index contributed by atoms with van der Waals surface area (Å²) in [6.07, 6.45) is 4.99. The molecular formula is C13H16N2O. The van der Waals surface area contributed by atoms with Crippen molar-refractivity contribution in [2.75, 3.05) is 0 Å². The molecule has 3 rings (SSSR count). The fourth-order valence-corrected chi connectivity index (χ4v) is 2.81. The van der Waals surface area contributed by atoms with Gasteiger partial charge in [0.25, 0.3) is 0 Å². The molecule has 84 valence electrons. The first-order valence-electron chi connectivity index (χ1n) is 5.92. The van der Waals surface area contributed by atoms with E-state index < -0.39 is 0 Å². The topological polar surface area (TPSA) is 38.0 Å². The number of hydrogen-bond donors (Lipinski definition) is 1. The quantitative estimate of drug-likeness (QED) is 0.795. The SMILES string of the molecule is Cn1nc(C2CCCC2)c2c(O)cccc21. The van der Waals surface area contributed by atoms with Crippen LogP contribution in [-0.4, -0.2) is 14.9 Å². The summed E-state index contributed by atoms with van der Waals surface area (Å²) in [7, 11) is 1.94. The number of benzene rings is 1. The van der Waals surface area contributed by atoms with Crippen LogP contribution in [0.1, 0.15) is 37.3 Å². The summed E-state index contributed by atoms with van der Waals surface area (Å²) < 4.78 is 1.88. The van der Waals surface area contributed by atoms with Crippen molar-refractivity contribution in [2.45, 2.75) is 31.6 Å². The summed E-state index contributed by atoms with van der Waals surface area (Å²) in [5.74, 6) is 0.907. The highest BCUT2D eigenvalue weighted by Crippen LogP contribution is 2.39. The predicted molar refractivity (Wildman–Crippen MR) is 63.6 cm³/mol. The number of phenols is 1. The van der Waals surface area contributed by atoms with Gasteiger partial charge in [-0.25, -0.2) is 0 Å². The molecule has 3 nitrogen and oxygen atoms in total. The summed E-state index contributed by atoms with van der Waals surface area (Å²) >= 11 is 0. The van der Waals surface area contributed by atoms with Crippen LogP contribution in [0.25, 0.3) is 10.9 Å². The van der Waals surface area contributed by atoms with Gasteiger partial charge in [-0.15, -0.1) is 0 Å². The summed E-state index contributed by atoms with van der Waals surface area (Å²) in [6, 6.07) is 5.64. The summed E-state index contributed by atoms with van der Waals surface area (Å²) in [6.45, 7) is 0. The van der Waals surface area contributed by atoms with Crippen molar-refractivity contribution in [3.63, 3.8) is 0 Å². The molecule has 0 amide bonds. The Morgan fingerprint density at radius 2 is 2.06 bits per heavy atom. The van der Waals surface area contributed by atoms with E-state index in [1.54, 1.807) is 6.07 Å². The number of rotatable bonds is 1. The summed E-state index contributed by atoms with van der Waals surface area (Å²) in [4.78, 5) is 0. The minimum atomic E-state index is 0.368. The molecule has 1 N–H and O–H groups in total. The van der Waals surface area contributed by atoms with Crippen molar-refractivity contribution in [2.24, 2.45) is 7.05 Å². The Hall–Kier alpha value is -1.51. The molecular weight excluding hydrogens is 200 g/mol. The maximum Gasteiger partial charge on any atom is 0.126 e. The molecule has 0 bridgehead atoms. The van der Waals surface area contributed by atoms with E-state index in [4.69, 9.17) is 0 Å². The smallest absolute Gasteiger partial charge is 0.126 e. The Bertz CT molecular complexity index is 524. The highest BCUT2D eigenvalue weighted by atomic mass is 16.3. The van der Waals surface area contributed by atoms with Crippen LogP contribution in [0.3, 0.4) is 0 Å². The normalized spacial score (nSPS) is 17.3. The van der Waals surface area contributed by atoms with E-state index in [1.165, 1.54) is 25.7 Å². The molecule has 2 aromatic rings. The van der Waals surface area contributed by atoms with Gasteiger partial charge in [-0.2, -0.15) is 5.10 Å². The number of aryl methyl sites for hydroxylation is 1. The average molecular weight is 216 g/mol. The average Bonchev–Trinajstić information content (AvgIpc) is 2.87. The zero-order valence-electron chi connectivity index (χ0n) is 9.48. The molecule has 1 aliphatic rings. The van der Waals surface area contributed by atoms with E-state index in [1.807, 2.05) is 23.9 Å². The molecule has 1 aromatic carbocycles. The second kappa shape index (κ2) is 3.51. The fraction of sp³-hybridized carbons (Fsp3) is 0.462. The van der Waals surface area contributed by atoms with Gasteiger partial charge >= 0.3 is 0 Å². The van der Waals surface area contributed by atoms with E-state index >= 15 is 0 Å². The summed E-state index contributed by atoms with van der Waals surface area (Å²) in [5, 5.41) is 15.5. The van der Waals surface area contributed by atoms with E-state index in [0.717, 1.165) is 16.6 Å². The van der Waals surface area contributed by atoms with Gasteiger partial charge in [-0.1, -0.05) is 18.9 Å². The van der Waals surface area contributed by atoms with Crippen LogP contribution in [0.4, 0.5) is 0 Å². The lowest BCUT2D eigenvalue weighted by molar-refractivity contribution is 0.480. The Kier molecular flexibility index (Phi) is 2.13. The number of fused-ring (bicyclic) bond motifs is 1. The Balaban J connectivity index is 2.24. The maximum absolute atomic E-state index is 9.97. The molecule has 0 aliphatic heterocycles. The van der Waals surface area contributed by atoms with Crippen molar-refractivity contribution >= 4 is 10.9 Å². The predicted octanol–water partition coefficient (Wildman–Crippen LogP) is 2.94. The van der Waals surface area contributed by atoms with Crippen LogP contribution in [-0.2, 0) is 7.05 Å². The van der Waals surface area contributed by atoms with E-state index in [9.17, 15) is 5.11 Å². The van der Waals surface area contributed by atoms with Gasteiger partial charge in [0.05, 0.1) is 16.6 Å². The molecule has 1 aromatic heterocycles. The van der Waals surface area contributed by atoms with Gasteiger partial charge in [0.2, 0.25) is 0 Å². The second-order valence-electron chi connectivity index (χ2n) is 4.66. The third-order valence-corrected chi connectivity index (χ3v) is 3.62. The van der Waals surface area contributed by atoms with Crippen molar-refractivity contribution in [3.05, 3.63) is 23.9 Å². The molecule has 1 heterocycles. The van der Waals surface area contributed by atoms with Crippen LogP contribution in [0.5, 0.6) is 5.75 Å². The third-order valence-electron chi connectivity index (χ3n) is 3.62. The lowest BCUT2D eigenvalue weighted by Crippen LogP contribution is -1.96. The summed E-state index contributed by atoms with van der Waals surface area (Å²) in [5.41, 5.74) is 2.12. The standard InChI is InChI=1S/C13H16N2O/c1-15-10-7-4-8-11(16)12(10)13(14-15)9-5-2-3-6-9/h4,7-9,16H,2-3,5-6H2,1H3. The molecule has 0 saturated heterocycles. The van der Waals surface area contributed by atoms with Gasteiger partial charge in [0.15, 0.2) is 0 Å². The van der Waals surface area contributed by atoms with Crippen LogP contribution in [0.15, 0.2) is 18.2 Å². The molecule has 1 aliphatic carbocycles. The zero-order chi connectivity index (χ0) is 11.1. The van der Waals surface area contributed by atoms with Gasteiger partial charge in [-0.05, 0) is 25.0 Å². The molecule has 0 radical (unpaired) electrons. The number of hydrogen-bond acceptors (Lipinski definition) is 2. The second-order valence-corrected chi connectivity index (χ2v) is 4.66. The molecule has 0 atom stereocenters. The molecule has 16 heavy (non-hydrogen) atoms. The first-order valence-corrected chi connectivity index (χ1v) is 5.92. The minimum absolute atomic E-state index is 0.368. The van der Waals surface area contributed by atoms with E-state index in [0.29, 0.717) is 11.7 Å². The number of aromatic nitrogens is 2. The molecule has 3 heteroatoms. The maximum atomic E-state index is 9.97. The first-order chi connectivity index (χ1) is 7.77. The number of phenolic OH excluding ortho intramolecular Hbond substituents is 1. The molecule has 1 fully saturated rings. The zero-order valence-corrected chi connectivity index (χ0v) is 9.48. The van der Waals surface area contributed by atoms with Crippen molar-refractivity contribution in [1.82, 2.24) is 9.78 Å². The minimum Gasteiger partial charge on any atom is -0.507 e. The molecule has 1 saturated carbocycles. The Morgan fingerprint density at radius 1 is 1.31 bits per heavy atom. The molecule has 0 spiro atoms. The van der Waals surface area contributed by atoms with E-state index in [-0.39, 0.29) is 0 Å². The highest BCUT2D eigenvalue weighted by molar-refractivity contribution is 5.88. The monoisotopic (exact) mass is 216 g/mol. The first kappa shape index (κ1) is 9.70. The van der Waals surface area contributed by atoms with Gasteiger partial charge < -0.3 is 5.11 Å². The van der Waals surface area contributed by atoms with Crippen LogP contribution < -0.4 is 0 Å². The highest BCUT2D eigenvalue weighted by Gasteiger charge is 2.23. The van der Waals surface area contributed by atoms with Gasteiger partial charge in [0, 0.05) is 13.0 Å². The van der Waals surface area contributed by atoms with Crippen LogP contribution in [0, 0.1) is 0 Å². The number of nitrogens with zero attached hydrogens (tertiary/aromatic N) is 2. The Morgan fingerprint density at radius 3 is 2.81 bits per heavy atom. The van der Waals surface area contributed by atoms with Gasteiger partial charge in [-0.3, -0.25) is 4.68 Å². The van der Waals surface area contributed by atoms with Crippen molar-refractivity contribution in [1.29, 1.82) is 0 Å². The Labute approximate surface area is 94.7 Å². The van der Waals surface area contributed by atoms with Gasteiger partial charge in [0.1, 0.15) is 5.75 Å². The van der Waals surface area contributed by atoms with Crippen molar-refractivity contribution < 1.29 is 5.11 Å². The molecule has 0 unspecified atom stereocenters. The van der Waals surface area contributed by atoms with E-state index in [2.05, 4.69) is 5.10 Å². The lowest BCUT2D eigenvalue weighted by atomic mass is 10.0. The lowest BCUT2D eigenvalue weighted by Gasteiger charge is -2.05. The van der Waals surface area contributed by atoms with Crippen LogP contribution in [0.2, 0.25) is 0 Å². The number of aromatic hydroxyl groups is 1.